The zero-order chi connectivity index (χ0) is 26.3. The van der Waals surface area contributed by atoms with Gasteiger partial charge in [-0.3, -0.25) is 0 Å². The number of ether oxygens (including phenoxy) is 3. The molecule has 1 fully saturated rings. The van der Waals surface area contributed by atoms with Crippen LogP contribution in [0.15, 0.2) is 42.9 Å². The lowest BCUT2D eigenvalue weighted by atomic mass is 10.2. The molecule has 1 aliphatic heterocycles. The minimum atomic E-state index is -3.37. The molecule has 194 valence electrons. The van der Waals surface area contributed by atoms with Gasteiger partial charge >= 0.3 is 11.9 Å². The lowest BCUT2D eigenvalue weighted by Gasteiger charge is -2.20. The average Bonchev–Trinajstić information content (AvgIpc) is 3.47. The van der Waals surface area contributed by atoms with E-state index in [-0.39, 0.29) is 24.2 Å². The fourth-order valence-electron chi connectivity index (χ4n) is 4.03. The molecular formula is C23H19F5N6O3. The third-order valence-corrected chi connectivity index (χ3v) is 5.80. The summed E-state index contributed by atoms with van der Waals surface area (Å²) in [5.74, 6) is -4.65. The Hall–Kier alpha value is -4.23. The molecule has 37 heavy (non-hydrogen) atoms. The quantitative estimate of drug-likeness (QED) is 0.334. The number of aromatic nitrogens is 5. The van der Waals surface area contributed by atoms with Crippen LogP contribution in [0.25, 0.3) is 16.9 Å². The highest BCUT2D eigenvalue weighted by Crippen LogP contribution is 2.38. The first-order chi connectivity index (χ1) is 17.7. The second kappa shape index (κ2) is 9.33. The maximum absolute atomic E-state index is 15.0. The van der Waals surface area contributed by atoms with Crippen molar-refractivity contribution < 1.29 is 36.2 Å². The van der Waals surface area contributed by atoms with Crippen LogP contribution in [0.4, 0.5) is 27.6 Å². The average molecular weight is 522 g/mol. The zero-order valence-corrected chi connectivity index (χ0v) is 19.4. The van der Waals surface area contributed by atoms with Gasteiger partial charge in [0.2, 0.25) is 5.88 Å². The van der Waals surface area contributed by atoms with E-state index >= 15 is 8.78 Å². The van der Waals surface area contributed by atoms with Crippen LogP contribution in [0.2, 0.25) is 0 Å². The van der Waals surface area contributed by atoms with Crippen LogP contribution in [-0.4, -0.2) is 63.9 Å². The lowest BCUT2D eigenvalue weighted by Crippen LogP contribution is -2.36. The maximum atomic E-state index is 15.0. The molecular weight excluding hydrogens is 503 g/mol. The molecule has 0 spiro atoms. The molecule has 1 aliphatic rings. The predicted octanol–water partition coefficient (Wildman–Crippen LogP) is 4.18. The normalized spacial score (nSPS) is 17.0. The Morgan fingerprint density at radius 2 is 1.92 bits per heavy atom. The van der Waals surface area contributed by atoms with Gasteiger partial charge in [-0.05, 0) is 24.3 Å². The highest BCUT2D eigenvalue weighted by atomic mass is 19.3. The molecule has 0 unspecified atom stereocenters. The predicted molar refractivity (Wildman–Crippen MR) is 120 cm³/mol. The molecule has 1 atom stereocenters. The van der Waals surface area contributed by atoms with Gasteiger partial charge in [0.1, 0.15) is 17.3 Å². The third kappa shape index (κ3) is 4.54. The Labute approximate surface area is 206 Å². The molecule has 1 aromatic carbocycles. The number of fused-ring (bicyclic) bond motifs is 1. The van der Waals surface area contributed by atoms with Crippen molar-refractivity contribution >= 4 is 11.3 Å². The van der Waals surface area contributed by atoms with E-state index in [4.69, 9.17) is 14.2 Å². The molecule has 1 saturated heterocycles. The van der Waals surface area contributed by atoms with E-state index in [0.29, 0.717) is 22.6 Å². The fraction of sp³-hybridized carbons (Fsp3) is 0.304. The molecule has 4 aromatic rings. The number of anilines is 1. The van der Waals surface area contributed by atoms with Crippen molar-refractivity contribution in [2.75, 3.05) is 32.2 Å². The first-order valence-electron chi connectivity index (χ1n) is 10.9. The summed E-state index contributed by atoms with van der Waals surface area (Å²) in [5.41, 5.74) is 0.378. The topological polar surface area (TPSA) is 86.9 Å². The summed E-state index contributed by atoms with van der Waals surface area (Å²) < 4.78 is 86.9. The van der Waals surface area contributed by atoms with Crippen molar-refractivity contribution in [2.24, 2.45) is 0 Å². The van der Waals surface area contributed by atoms with E-state index < -0.39 is 36.4 Å². The number of imidazole rings is 1. The SMILES string of the molecule is COc1ncc(-c2cc(N3C[C@H](Oc4ccc(F)c(C(F)F)c4)C(F)(F)C3)c3nccn3n2)c(OC)n1. The van der Waals surface area contributed by atoms with E-state index in [2.05, 4.69) is 20.1 Å². The number of hydrogen-bond donors (Lipinski definition) is 0. The molecule has 3 aromatic heterocycles. The van der Waals surface area contributed by atoms with Crippen LogP contribution >= 0.6 is 0 Å². The van der Waals surface area contributed by atoms with Crippen molar-refractivity contribution in [1.82, 2.24) is 24.6 Å². The van der Waals surface area contributed by atoms with Gasteiger partial charge in [-0.2, -0.15) is 10.1 Å². The van der Waals surface area contributed by atoms with E-state index in [1.807, 2.05) is 0 Å². The summed E-state index contributed by atoms with van der Waals surface area (Å²) in [7, 11) is 2.80. The van der Waals surface area contributed by atoms with Crippen molar-refractivity contribution in [2.45, 2.75) is 18.5 Å². The molecule has 14 heteroatoms. The largest absolute Gasteiger partial charge is 0.482 e. The minimum absolute atomic E-state index is 0.0690. The Kier molecular flexibility index (Phi) is 6.17. The summed E-state index contributed by atoms with van der Waals surface area (Å²) in [5, 5.41) is 4.46. The smallest absolute Gasteiger partial charge is 0.319 e. The maximum Gasteiger partial charge on any atom is 0.319 e. The number of halogens is 5. The summed E-state index contributed by atoms with van der Waals surface area (Å²) >= 11 is 0. The summed E-state index contributed by atoms with van der Waals surface area (Å²) in [6, 6.07) is 4.13. The van der Waals surface area contributed by atoms with Gasteiger partial charge in [-0.25, -0.2) is 36.4 Å². The summed E-state index contributed by atoms with van der Waals surface area (Å²) in [6.07, 6.45) is -0.379. The highest BCUT2D eigenvalue weighted by molar-refractivity contribution is 5.76. The number of hydrogen-bond acceptors (Lipinski definition) is 8. The molecule has 0 aliphatic carbocycles. The van der Waals surface area contributed by atoms with Crippen LogP contribution < -0.4 is 19.1 Å². The van der Waals surface area contributed by atoms with Crippen LogP contribution in [0.3, 0.4) is 0 Å². The lowest BCUT2D eigenvalue weighted by molar-refractivity contribution is -0.0595. The molecule has 0 radical (unpaired) electrons. The van der Waals surface area contributed by atoms with E-state index in [9.17, 15) is 13.2 Å². The van der Waals surface area contributed by atoms with Gasteiger partial charge in [0.25, 0.3) is 6.43 Å². The van der Waals surface area contributed by atoms with Crippen molar-refractivity contribution in [3.8, 4) is 28.9 Å². The molecule has 0 N–H and O–H groups in total. The Morgan fingerprint density at radius 1 is 1.11 bits per heavy atom. The number of benzene rings is 1. The monoisotopic (exact) mass is 522 g/mol. The third-order valence-electron chi connectivity index (χ3n) is 5.80. The molecule has 9 nitrogen and oxygen atoms in total. The molecule has 4 heterocycles. The van der Waals surface area contributed by atoms with Crippen LogP contribution in [-0.2, 0) is 0 Å². The van der Waals surface area contributed by atoms with Gasteiger partial charge in [0.15, 0.2) is 11.8 Å². The van der Waals surface area contributed by atoms with Crippen molar-refractivity contribution in [3.05, 3.63) is 54.2 Å². The van der Waals surface area contributed by atoms with Gasteiger partial charge in [0, 0.05) is 18.6 Å². The Morgan fingerprint density at radius 3 is 2.65 bits per heavy atom. The van der Waals surface area contributed by atoms with Crippen LogP contribution in [0.5, 0.6) is 17.6 Å². The van der Waals surface area contributed by atoms with Gasteiger partial charge in [-0.15, -0.1) is 0 Å². The summed E-state index contributed by atoms with van der Waals surface area (Å²) in [4.78, 5) is 13.8. The van der Waals surface area contributed by atoms with Gasteiger partial charge in [-0.1, -0.05) is 0 Å². The van der Waals surface area contributed by atoms with Crippen molar-refractivity contribution in [3.63, 3.8) is 0 Å². The number of alkyl halides is 4. The number of methoxy groups -OCH3 is 2. The molecule has 0 bridgehead atoms. The molecule has 0 amide bonds. The first-order valence-corrected chi connectivity index (χ1v) is 10.9. The number of nitrogens with zero attached hydrogens (tertiary/aromatic N) is 6. The van der Waals surface area contributed by atoms with E-state index in [0.717, 1.165) is 18.2 Å². The number of rotatable bonds is 7. The Bertz CT molecular complexity index is 1450. The van der Waals surface area contributed by atoms with Crippen LogP contribution in [0, 0.1) is 5.82 Å². The van der Waals surface area contributed by atoms with Gasteiger partial charge in [0.05, 0.1) is 44.1 Å². The minimum Gasteiger partial charge on any atom is -0.482 e. The summed E-state index contributed by atoms with van der Waals surface area (Å²) in [6.45, 7) is -1.06. The van der Waals surface area contributed by atoms with Gasteiger partial charge < -0.3 is 19.1 Å². The Balaban J connectivity index is 1.50. The second-order valence-corrected chi connectivity index (χ2v) is 8.12. The fourth-order valence-corrected chi connectivity index (χ4v) is 4.03. The van der Waals surface area contributed by atoms with E-state index in [1.54, 1.807) is 12.3 Å². The molecule has 0 saturated carbocycles. The second-order valence-electron chi connectivity index (χ2n) is 8.12. The zero-order valence-electron chi connectivity index (χ0n) is 19.4. The van der Waals surface area contributed by atoms with Crippen molar-refractivity contribution in [1.29, 1.82) is 0 Å². The van der Waals surface area contributed by atoms with E-state index in [1.165, 1.54) is 36.0 Å². The first kappa shape index (κ1) is 24.5. The molecule has 5 rings (SSSR count). The highest BCUT2D eigenvalue weighted by Gasteiger charge is 2.50. The van der Waals surface area contributed by atoms with Crippen LogP contribution in [0.1, 0.15) is 12.0 Å². The standard InChI is InChI=1S/C23H19F5N6O3/c1-35-21-14(9-30-22(31-21)36-2)16-8-17(20-29-5-6-34(20)32-16)33-10-18(23(27,28)11-33)37-12-3-4-15(24)13(7-12)19(25)26/h3-9,18-19H,10-11H2,1-2H3/t18-/m0/s1.